The molecule has 2 amide bonds. The zero-order valence-corrected chi connectivity index (χ0v) is 18.4. The second-order valence-corrected chi connectivity index (χ2v) is 8.99. The molecule has 0 spiro atoms. The van der Waals surface area contributed by atoms with Crippen LogP contribution in [0.1, 0.15) is 52.2 Å². The SMILES string of the molecule is O=C(NC1(CO)CC(F)(F)C1)C(=O)c1c(Cl)c(C(=O)Nc2ccc(F)c(F)c2)c2n1CCCC2. The van der Waals surface area contributed by atoms with Crippen molar-refractivity contribution in [3.05, 3.63) is 51.8 Å². The zero-order valence-electron chi connectivity index (χ0n) is 17.7. The van der Waals surface area contributed by atoms with Crippen LogP contribution in [-0.4, -0.2) is 45.3 Å². The molecule has 34 heavy (non-hydrogen) atoms. The minimum Gasteiger partial charge on any atom is -0.394 e. The normalized spacial score (nSPS) is 17.9. The van der Waals surface area contributed by atoms with Crippen LogP contribution in [0.5, 0.6) is 0 Å². The van der Waals surface area contributed by atoms with Gasteiger partial charge < -0.3 is 20.3 Å². The van der Waals surface area contributed by atoms with Crippen LogP contribution in [0.2, 0.25) is 5.02 Å². The number of Topliss-reactive ketones (excluding diaryl/α,β-unsaturated/α-hetero) is 1. The third kappa shape index (κ3) is 4.29. The van der Waals surface area contributed by atoms with E-state index < -0.39 is 60.1 Å². The molecule has 0 saturated heterocycles. The van der Waals surface area contributed by atoms with Gasteiger partial charge >= 0.3 is 0 Å². The first-order valence-corrected chi connectivity index (χ1v) is 10.9. The highest BCUT2D eigenvalue weighted by Gasteiger charge is 2.57. The van der Waals surface area contributed by atoms with Gasteiger partial charge in [0.15, 0.2) is 11.6 Å². The van der Waals surface area contributed by atoms with Gasteiger partial charge in [-0.25, -0.2) is 17.6 Å². The van der Waals surface area contributed by atoms with Crippen LogP contribution >= 0.6 is 11.6 Å². The number of alkyl halides is 2. The number of ketones is 1. The molecule has 0 atom stereocenters. The summed E-state index contributed by atoms with van der Waals surface area (Å²) in [4.78, 5) is 38.6. The highest BCUT2D eigenvalue weighted by atomic mass is 35.5. The molecular weight excluding hydrogens is 482 g/mol. The van der Waals surface area contributed by atoms with Crippen LogP contribution in [0.4, 0.5) is 23.2 Å². The molecule has 1 aromatic carbocycles. The van der Waals surface area contributed by atoms with Gasteiger partial charge in [0, 0.05) is 36.8 Å². The average Bonchev–Trinajstić information content (AvgIpc) is 3.05. The minimum atomic E-state index is -3.06. The molecule has 1 saturated carbocycles. The maximum atomic E-state index is 13.5. The first-order valence-electron chi connectivity index (χ1n) is 10.5. The van der Waals surface area contributed by atoms with Crippen LogP contribution in [0.3, 0.4) is 0 Å². The Morgan fingerprint density at radius 3 is 2.44 bits per heavy atom. The van der Waals surface area contributed by atoms with Gasteiger partial charge in [-0.3, -0.25) is 14.4 Å². The number of amides is 2. The number of hydrogen-bond acceptors (Lipinski definition) is 4. The number of aromatic nitrogens is 1. The van der Waals surface area contributed by atoms with Gasteiger partial charge in [0.2, 0.25) is 0 Å². The monoisotopic (exact) mass is 501 g/mol. The van der Waals surface area contributed by atoms with Crippen LogP contribution in [0.25, 0.3) is 0 Å². The van der Waals surface area contributed by atoms with Gasteiger partial charge in [0.25, 0.3) is 23.5 Å². The number of halogens is 5. The fraction of sp³-hybridized carbons (Fsp3) is 0.409. The van der Waals surface area contributed by atoms with E-state index in [1.807, 2.05) is 0 Å². The summed E-state index contributed by atoms with van der Waals surface area (Å²) >= 11 is 6.39. The van der Waals surface area contributed by atoms with Gasteiger partial charge in [-0.05, 0) is 31.4 Å². The van der Waals surface area contributed by atoms with E-state index in [4.69, 9.17) is 11.6 Å². The fourth-order valence-electron chi connectivity index (χ4n) is 4.51. The number of benzene rings is 1. The van der Waals surface area contributed by atoms with E-state index in [1.165, 1.54) is 4.57 Å². The van der Waals surface area contributed by atoms with E-state index in [9.17, 15) is 37.1 Å². The van der Waals surface area contributed by atoms with Gasteiger partial charge in [-0.15, -0.1) is 0 Å². The van der Waals surface area contributed by atoms with Crippen LogP contribution in [0.15, 0.2) is 18.2 Å². The number of carbonyl (C=O) groups is 3. The lowest BCUT2D eigenvalue weighted by Crippen LogP contribution is -2.65. The van der Waals surface area contributed by atoms with Crippen molar-refractivity contribution in [3.8, 4) is 0 Å². The molecule has 0 bridgehead atoms. The molecule has 182 valence electrons. The molecule has 1 fully saturated rings. The summed E-state index contributed by atoms with van der Waals surface area (Å²) in [6.45, 7) is -0.492. The Kier molecular flexibility index (Phi) is 6.19. The van der Waals surface area contributed by atoms with Gasteiger partial charge in [-0.1, -0.05) is 11.6 Å². The molecule has 4 rings (SSSR count). The highest BCUT2D eigenvalue weighted by molar-refractivity contribution is 6.48. The molecular formula is C22H20ClF4N3O4. The fourth-order valence-corrected chi connectivity index (χ4v) is 4.89. The Bertz CT molecular complexity index is 1190. The first-order chi connectivity index (χ1) is 16.0. The number of rotatable bonds is 6. The molecule has 7 nitrogen and oxygen atoms in total. The number of anilines is 1. The number of aliphatic hydroxyl groups excluding tert-OH is 1. The second-order valence-electron chi connectivity index (χ2n) is 8.61. The van der Waals surface area contributed by atoms with Gasteiger partial charge in [-0.2, -0.15) is 0 Å². The molecule has 2 aliphatic rings. The molecule has 12 heteroatoms. The summed E-state index contributed by atoms with van der Waals surface area (Å²) in [5, 5.41) is 13.8. The van der Waals surface area contributed by atoms with Crippen molar-refractivity contribution >= 4 is 34.9 Å². The molecule has 2 heterocycles. The van der Waals surface area contributed by atoms with Crippen molar-refractivity contribution in [3.63, 3.8) is 0 Å². The van der Waals surface area contributed by atoms with E-state index in [1.54, 1.807) is 0 Å². The Morgan fingerprint density at radius 1 is 1.12 bits per heavy atom. The predicted octanol–water partition coefficient (Wildman–Crippen LogP) is 3.47. The lowest BCUT2D eigenvalue weighted by molar-refractivity contribution is -0.154. The number of aliphatic hydroxyl groups is 1. The highest BCUT2D eigenvalue weighted by Crippen LogP contribution is 2.45. The molecule has 2 aromatic rings. The number of fused-ring (bicyclic) bond motifs is 1. The average molecular weight is 502 g/mol. The summed E-state index contributed by atoms with van der Waals surface area (Å²) in [7, 11) is 0. The maximum Gasteiger partial charge on any atom is 0.294 e. The van der Waals surface area contributed by atoms with Crippen molar-refractivity contribution in [2.45, 2.75) is 50.1 Å². The van der Waals surface area contributed by atoms with E-state index in [2.05, 4.69) is 10.6 Å². The minimum absolute atomic E-state index is 0.0443. The van der Waals surface area contributed by atoms with Crippen molar-refractivity contribution in [1.29, 1.82) is 0 Å². The third-order valence-electron chi connectivity index (χ3n) is 6.06. The quantitative estimate of drug-likeness (QED) is 0.320. The van der Waals surface area contributed by atoms with Crippen LogP contribution in [-0.2, 0) is 17.8 Å². The molecule has 3 N–H and O–H groups in total. The van der Waals surface area contributed by atoms with Gasteiger partial charge in [0.1, 0.15) is 5.69 Å². The summed E-state index contributed by atoms with van der Waals surface area (Å²) in [6.07, 6.45) is 0.0576. The predicted molar refractivity (Wildman–Crippen MR) is 113 cm³/mol. The van der Waals surface area contributed by atoms with E-state index in [0.717, 1.165) is 18.2 Å². The molecule has 1 aliphatic carbocycles. The topological polar surface area (TPSA) is 100 Å². The molecule has 1 aliphatic heterocycles. The van der Waals surface area contributed by atoms with E-state index in [0.29, 0.717) is 25.0 Å². The van der Waals surface area contributed by atoms with Gasteiger partial charge in [0.05, 0.1) is 22.7 Å². The Hall–Kier alpha value is -2.92. The smallest absolute Gasteiger partial charge is 0.294 e. The molecule has 0 radical (unpaired) electrons. The van der Waals surface area contributed by atoms with Crippen LogP contribution in [0, 0.1) is 11.6 Å². The number of nitrogens with one attached hydrogen (secondary N) is 2. The summed E-state index contributed by atoms with van der Waals surface area (Å²) < 4.78 is 54.8. The standard InChI is InChI=1S/C22H20ClF4N3O4/c23-16-15(19(33)28-11-4-5-12(24)13(25)7-11)14-3-1-2-6-30(14)17(16)18(32)20(34)29-21(10-31)8-22(26,27)9-21/h4-5,7,31H,1-3,6,8-10H2,(H,28,33)(H,29,34). The lowest BCUT2D eigenvalue weighted by atomic mass is 9.74. The van der Waals surface area contributed by atoms with E-state index in [-0.39, 0.29) is 28.5 Å². The van der Waals surface area contributed by atoms with Crippen LogP contribution < -0.4 is 10.6 Å². The number of hydrogen-bond donors (Lipinski definition) is 3. The molecule has 0 unspecified atom stereocenters. The number of nitrogens with zero attached hydrogens (tertiary/aromatic N) is 1. The van der Waals surface area contributed by atoms with Crippen molar-refractivity contribution in [2.24, 2.45) is 0 Å². The Labute approximate surface area is 196 Å². The lowest BCUT2D eigenvalue weighted by Gasteiger charge is -2.46. The molecule has 1 aromatic heterocycles. The van der Waals surface area contributed by atoms with E-state index >= 15 is 0 Å². The zero-order chi connectivity index (χ0) is 24.8. The second kappa shape index (κ2) is 8.70. The Balaban J connectivity index is 1.63. The Morgan fingerprint density at radius 2 is 1.82 bits per heavy atom. The van der Waals surface area contributed by atoms with Crippen molar-refractivity contribution in [2.75, 3.05) is 11.9 Å². The third-order valence-corrected chi connectivity index (χ3v) is 6.43. The summed E-state index contributed by atoms with van der Waals surface area (Å²) in [5.41, 5.74) is -1.64. The summed E-state index contributed by atoms with van der Waals surface area (Å²) in [6, 6.07) is 2.77. The maximum absolute atomic E-state index is 13.5. The summed E-state index contributed by atoms with van der Waals surface area (Å²) in [5.74, 6) is -8.48. The largest absolute Gasteiger partial charge is 0.394 e. The first kappa shape index (κ1) is 24.2. The number of carbonyl (C=O) groups excluding carboxylic acids is 3. The van der Waals surface area contributed by atoms with Crippen molar-refractivity contribution in [1.82, 2.24) is 9.88 Å². The van der Waals surface area contributed by atoms with Crippen molar-refractivity contribution < 1.29 is 37.1 Å².